The Kier molecular flexibility index (Phi) is 2.76. The number of benzene rings is 2. The maximum atomic E-state index is 11.3. The molecule has 3 rings (SSSR count). The number of hydrogen-bond donors (Lipinski definition) is 1. The fourth-order valence-electron chi connectivity index (χ4n) is 2.20. The van der Waals surface area contributed by atoms with E-state index in [0.29, 0.717) is 0 Å². The van der Waals surface area contributed by atoms with Gasteiger partial charge in [-0.25, -0.2) is 4.98 Å². The van der Waals surface area contributed by atoms with E-state index in [1.54, 1.807) is 0 Å². The van der Waals surface area contributed by atoms with Gasteiger partial charge in [0.2, 0.25) is 5.91 Å². The summed E-state index contributed by atoms with van der Waals surface area (Å²) in [6, 6.07) is 17.5. The van der Waals surface area contributed by atoms with Gasteiger partial charge >= 0.3 is 0 Å². The topological polar surface area (TPSA) is 60.9 Å². The van der Waals surface area contributed by atoms with Gasteiger partial charge in [-0.1, -0.05) is 42.5 Å². The van der Waals surface area contributed by atoms with E-state index in [9.17, 15) is 4.79 Å². The molecule has 0 unspecified atom stereocenters. The molecule has 2 aromatic carbocycles. The van der Waals surface area contributed by atoms with Crippen LogP contribution in [0.3, 0.4) is 0 Å². The highest BCUT2D eigenvalue weighted by Crippen LogP contribution is 2.24. The first kappa shape index (κ1) is 11.5. The standard InChI is InChI=1S/C15H13N3O/c16-14(19)10-18-13-9-5-4-8-12(13)17-15(18)11-6-2-1-3-7-11/h1-9H,10H2,(H2,16,19). The Bertz CT molecular complexity index is 731. The third-order valence-corrected chi connectivity index (χ3v) is 3.00. The molecule has 4 nitrogen and oxygen atoms in total. The van der Waals surface area contributed by atoms with Gasteiger partial charge in [-0.2, -0.15) is 0 Å². The first-order valence-electron chi connectivity index (χ1n) is 6.05. The van der Waals surface area contributed by atoms with Crippen LogP contribution in [0.15, 0.2) is 54.6 Å². The lowest BCUT2D eigenvalue weighted by molar-refractivity contribution is -0.118. The molecule has 0 radical (unpaired) electrons. The molecule has 94 valence electrons. The maximum absolute atomic E-state index is 11.3. The molecule has 0 saturated carbocycles. The van der Waals surface area contributed by atoms with Crippen LogP contribution in [0.2, 0.25) is 0 Å². The number of rotatable bonds is 3. The smallest absolute Gasteiger partial charge is 0.237 e. The number of fused-ring (bicyclic) bond motifs is 1. The summed E-state index contributed by atoms with van der Waals surface area (Å²) in [7, 11) is 0. The highest BCUT2D eigenvalue weighted by atomic mass is 16.1. The van der Waals surface area contributed by atoms with Crippen molar-refractivity contribution in [2.45, 2.75) is 6.54 Å². The number of carbonyl (C=O) groups is 1. The third-order valence-electron chi connectivity index (χ3n) is 3.00. The van der Waals surface area contributed by atoms with Crippen LogP contribution >= 0.6 is 0 Å². The summed E-state index contributed by atoms with van der Waals surface area (Å²) in [5.41, 5.74) is 8.09. The van der Waals surface area contributed by atoms with E-state index in [0.717, 1.165) is 22.4 Å². The molecule has 1 amide bonds. The zero-order chi connectivity index (χ0) is 13.2. The number of primary amides is 1. The average molecular weight is 251 g/mol. The van der Waals surface area contributed by atoms with Gasteiger partial charge in [0.1, 0.15) is 12.4 Å². The molecule has 3 aromatic rings. The Labute approximate surface area is 110 Å². The van der Waals surface area contributed by atoms with Crippen LogP contribution < -0.4 is 5.73 Å². The third kappa shape index (κ3) is 2.08. The molecular weight excluding hydrogens is 238 g/mol. The summed E-state index contributed by atoms with van der Waals surface area (Å²) < 4.78 is 1.85. The van der Waals surface area contributed by atoms with Crippen molar-refractivity contribution < 1.29 is 4.79 Å². The molecule has 1 aromatic heterocycles. The summed E-state index contributed by atoms with van der Waals surface area (Å²) in [6.07, 6.45) is 0. The Hall–Kier alpha value is -2.62. The molecular formula is C15H13N3O. The van der Waals surface area contributed by atoms with Crippen molar-refractivity contribution in [3.8, 4) is 11.4 Å². The second kappa shape index (κ2) is 4.57. The van der Waals surface area contributed by atoms with Crippen molar-refractivity contribution in [3.63, 3.8) is 0 Å². The largest absolute Gasteiger partial charge is 0.368 e. The fourth-order valence-corrected chi connectivity index (χ4v) is 2.20. The second-order valence-electron chi connectivity index (χ2n) is 4.34. The number of hydrogen-bond acceptors (Lipinski definition) is 2. The van der Waals surface area contributed by atoms with Crippen LogP contribution in [0, 0.1) is 0 Å². The summed E-state index contributed by atoms with van der Waals surface area (Å²) in [5, 5.41) is 0. The zero-order valence-corrected chi connectivity index (χ0v) is 10.3. The van der Waals surface area contributed by atoms with Crippen LogP contribution in [0.5, 0.6) is 0 Å². The van der Waals surface area contributed by atoms with E-state index in [4.69, 9.17) is 5.73 Å². The van der Waals surface area contributed by atoms with E-state index in [-0.39, 0.29) is 12.5 Å². The lowest BCUT2D eigenvalue weighted by Gasteiger charge is -2.06. The first-order chi connectivity index (χ1) is 9.25. The van der Waals surface area contributed by atoms with Crippen molar-refractivity contribution in [1.82, 2.24) is 9.55 Å². The number of nitrogens with two attached hydrogens (primary N) is 1. The molecule has 0 fully saturated rings. The number of carbonyl (C=O) groups excluding carboxylic acids is 1. The number of nitrogens with zero attached hydrogens (tertiary/aromatic N) is 2. The Morgan fingerprint density at radius 3 is 2.47 bits per heavy atom. The van der Waals surface area contributed by atoms with E-state index >= 15 is 0 Å². The molecule has 0 bridgehead atoms. The lowest BCUT2D eigenvalue weighted by atomic mass is 10.2. The molecule has 1 heterocycles. The Morgan fingerprint density at radius 2 is 1.74 bits per heavy atom. The Morgan fingerprint density at radius 1 is 1.05 bits per heavy atom. The van der Waals surface area contributed by atoms with Gasteiger partial charge in [-0.15, -0.1) is 0 Å². The van der Waals surface area contributed by atoms with Crippen LogP contribution in [0.1, 0.15) is 0 Å². The minimum absolute atomic E-state index is 0.130. The molecule has 19 heavy (non-hydrogen) atoms. The van der Waals surface area contributed by atoms with E-state index in [2.05, 4.69) is 4.98 Å². The summed E-state index contributed by atoms with van der Waals surface area (Å²) in [5.74, 6) is 0.390. The van der Waals surface area contributed by atoms with Gasteiger partial charge in [0, 0.05) is 5.56 Å². The number of para-hydroxylation sites is 2. The monoisotopic (exact) mass is 251 g/mol. The number of imidazole rings is 1. The molecule has 4 heteroatoms. The Balaban J connectivity index is 2.26. The molecule has 0 aliphatic carbocycles. The van der Waals surface area contributed by atoms with Gasteiger partial charge < -0.3 is 10.3 Å². The molecule has 0 saturated heterocycles. The predicted molar refractivity (Wildman–Crippen MR) is 74.4 cm³/mol. The highest BCUT2D eigenvalue weighted by molar-refractivity contribution is 5.83. The summed E-state index contributed by atoms with van der Waals surface area (Å²) >= 11 is 0. The zero-order valence-electron chi connectivity index (χ0n) is 10.3. The van der Waals surface area contributed by atoms with Crippen LogP contribution in [-0.2, 0) is 11.3 Å². The van der Waals surface area contributed by atoms with Gasteiger partial charge in [0.15, 0.2) is 0 Å². The van der Waals surface area contributed by atoms with Gasteiger partial charge in [0.05, 0.1) is 11.0 Å². The SMILES string of the molecule is NC(=O)Cn1c(-c2ccccc2)nc2ccccc21. The van der Waals surface area contributed by atoms with E-state index in [1.165, 1.54) is 0 Å². The molecule has 0 spiro atoms. The predicted octanol–water partition coefficient (Wildman–Crippen LogP) is 2.19. The van der Waals surface area contributed by atoms with E-state index < -0.39 is 0 Å². The van der Waals surface area contributed by atoms with Gasteiger partial charge in [-0.3, -0.25) is 4.79 Å². The summed E-state index contributed by atoms with van der Waals surface area (Å²) in [4.78, 5) is 15.9. The molecule has 0 aliphatic rings. The summed E-state index contributed by atoms with van der Waals surface area (Å²) in [6.45, 7) is 0.130. The normalized spacial score (nSPS) is 10.7. The van der Waals surface area contributed by atoms with Crippen molar-refractivity contribution in [1.29, 1.82) is 0 Å². The van der Waals surface area contributed by atoms with Crippen LogP contribution in [-0.4, -0.2) is 15.5 Å². The highest BCUT2D eigenvalue weighted by Gasteiger charge is 2.13. The fraction of sp³-hybridized carbons (Fsp3) is 0.0667. The van der Waals surface area contributed by atoms with Crippen LogP contribution in [0.4, 0.5) is 0 Å². The van der Waals surface area contributed by atoms with Crippen molar-refractivity contribution in [2.75, 3.05) is 0 Å². The average Bonchev–Trinajstić information content (AvgIpc) is 2.78. The second-order valence-corrected chi connectivity index (χ2v) is 4.34. The van der Waals surface area contributed by atoms with Crippen molar-refractivity contribution in [3.05, 3.63) is 54.6 Å². The molecule has 0 aliphatic heterocycles. The number of aromatic nitrogens is 2. The lowest BCUT2D eigenvalue weighted by Crippen LogP contribution is -2.19. The van der Waals surface area contributed by atoms with Crippen LogP contribution in [0.25, 0.3) is 22.4 Å². The maximum Gasteiger partial charge on any atom is 0.237 e. The van der Waals surface area contributed by atoms with Crippen molar-refractivity contribution >= 4 is 16.9 Å². The van der Waals surface area contributed by atoms with Gasteiger partial charge in [0.25, 0.3) is 0 Å². The quantitative estimate of drug-likeness (QED) is 0.775. The van der Waals surface area contributed by atoms with Gasteiger partial charge in [-0.05, 0) is 12.1 Å². The first-order valence-corrected chi connectivity index (χ1v) is 6.05. The van der Waals surface area contributed by atoms with Crippen molar-refractivity contribution in [2.24, 2.45) is 5.73 Å². The molecule has 0 atom stereocenters. The minimum atomic E-state index is -0.375. The molecule has 2 N–H and O–H groups in total. The number of amides is 1. The van der Waals surface area contributed by atoms with E-state index in [1.807, 2.05) is 59.2 Å². The minimum Gasteiger partial charge on any atom is -0.368 e.